The first-order chi connectivity index (χ1) is 5.81. The van der Waals surface area contributed by atoms with Gasteiger partial charge in [-0.15, -0.1) is 5.10 Å². The Morgan fingerprint density at radius 2 is 2.33 bits per heavy atom. The van der Waals surface area contributed by atoms with Crippen LogP contribution in [0.2, 0.25) is 0 Å². The van der Waals surface area contributed by atoms with E-state index in [-0.39, 0.29) is 0 Å². The van der Waals surface area contributed by atoms with Gasteiger partial charge in [-0.05, 0) is 12.2 Å². The summed E-state index contributed by atoms with van der Waals surface area (Å²) >= 11 is 0. The molecule has 2 heterocycles. The number of rotatable bonds is 0. The van der Waals surface area contributed by atoms with Crippen LogP contribution in [0.25, 0.3) is 0 Å². The molecule has 0 fully saturated rings. The minimum Gasteiger partial charge on any atom is -0.372 e. The monoisotopic (exact) mass is 165 g/mol. The summed E-state index contributed by atoms with van der Waals surface area (Å²) in [5.41, 5.74) is 0. The molecule has 0 spiro atoms. The highest BCUT2D eigenvalue weighted by atomic mass is 15.8. The standard InChI is InChI=1S/C7H11N5/c1-8-6-3-4-7-9-5-11(2)12(7)10-6/h3-4H,5H2,1-2H3,(H,8,10). The van der Waals surface area contributed by atoms with Gasteiger partial charge in [0, 0.05) is 14.1 Å². The smallest absolute Gasteiger partial charge is 0.163 e. The van der Waals surface area contributed by atoms with Crippen molar-refractivity contribution in [3.05, 3.63) is 12.2 Å². The fourth-order valence-corrected chi connectivity index (χ4v) is 1.14. The number of hydrazine groups is 1. The lowest BCUT2D eigenvalue weighted by Crippen LogP contribution is -2.38. The first kappa shape index (κ1) is 7.30. The molecular formula is C7H11N5. The van der Waals surface area contributed by atoms with E-state index in [1.807, 2.05) is 31.3 Å². The second-order valence-electron chi connectivity index (χ2n) is 2.67. The predicted octanol–water partition coefficient (Wildman–Crippen LogP) is -0.393. The average Bonchev–Trinajstić information content (AvgIpc) is 2.47. The van der Waals surface area contributed by atoms with E-state index in [0.717, 1.165) is 11.7 Å². The van der Waals surface area contributed by atoms with Crippen LogP contribution in [-0.4, -0.2) is 42.6 Å². The van der Waals surface area contributed by atoms with Crippen LogP contribution >= 0.6 is 0 Å². The first-order valence-electron chi connectivity index (χ1n) is 3.81. The number of fused-ring (bicyclic) bond motifs is 1. The van der Waals surface area contributed by atoms with Crippen molar-refractivity contribution >= 4 is 11.7 Å². The number of hydrogen-bond acceptors (Lipinski definition) is 5. The van der Waals surface area contributed by atoms with E-state index in [4.69, 9.17) is 0 Å². The Balaban J connectivity index is 2.26. The molecule has 0 unspecified atom stereocenters. The van der Waals surface area contributed by atoms with Crippen LogP contribution in [0.15, 0.2) is 22.2 Å². The lowest BCUT2D eigenvalue weighted by Gasteiger charge is -2.23. The van der Waals surface area contributed by atoms with Gasteiger partial charge in [-0.1, -0.05) is 0 Å². The quantitative estimate of drug-likeness (QED) is 0.531. The number of aliphatic imine (C=N–C) groups is 1. The topological polar surface area (TPSA) is 43.2 Å². The van der Waals surface area contributed by atoms with Gasteiger partial charge >= 0.3 is 0 Å². The summed E-state index contributed by atoms with van der Waals surface area (Å²) in [4.78, 5) is 4.25. The molecule has 0 amide bonds. The summed E-state index contributed by atoms with van der Waals surface area (Å²) in [7, 11) is 3.80. The van der Waals surface area contributed by atoms with Crippen molar-refractivity contribution in [1.82, 2.24) is 15.4 Å². The van der Waals surface area contributed by atoms with Crippen LogP contribution in [0.4, 0.5) is 0 Å². The van der Waals surface area contributed by atoms with Crippen LogP contribution in [0.5, 0.6) is 0 Å². The molecule has 12 heavy (non-hydrogen) atoms. The zero-order valence-electron chi connectivity index (χ0n) is 7.15. The summed E-state index contributed by atoms with van der Waals surface area (Å²) in [6.45, 7) is 0.681. The van der Waals surface area contributed by atoms with Gasteiger partial charge in [-0.2, -0.15) is 10.1 Å². The maximum atomic E-state index is 4.29. The molecule has 0 aliphatic carbocycles. The molecule has 5 heteroatoms. The summed E-state index contributed by atoms with van der Waals surface area (Å²) in [6.07, 6.45) is 3.86. The third-order valence-electron chi connectivity index (χ3n) is 1.81. The molecule has 0 aromatic carbocycles. The van der Waals surface area contributed by atoms with Crippen LogP contribution in [-0.2, 0) is 0 Å². The zero-order valence-corrected chi connectivity index (χ0v) is 7.15. The van der Waals surface area contributed by atoms with E-state index in [2.05, 4.69) is 15.4 Å². The van der Waals surface area contributed by atoms with Crippen LogP contribution in [0, 0.1) is 0 Å². The Bertz CT molecular complexity index is 278. The second-order valence-corrected chi connectivity index (χ2v) is 2.67. The van der Waals surface area contributed by atoms with Crippen LogP contribution in [0.3, 0.4) is 0 Å². The van der Waals surface area contributed by atoms with Gasteiger partial charge in [0.25, 0.3) is 0 Å². The van der Waals surface area contributed by atoms with Gasteiger partial charge in [0.1, 0.15) is 12.5 Å². The molecule has 1 N–H and O–H groups in total. The molecule has 0 radical (unpaired) electrons. The number of nitrogens with one attached hydrogen (secondary N) is 1. The second kappa shape index (κ2) is 2.60. The predicted molar refractivity (Wildman–Crippen MR) is 47.5 cm³/mol. The normalized spacial score (nSPS) is 22.0. The maximum Gasteiger partial charge on any atom is 0.163 e. The summed E-state index contributed by atoms with van der Waals surface area (Å²) in [5, 5.41) is 11.0. The van der Waals surface area contributed by atoms with Crippen molar-refractivity contribution in [2.24, 2.45) is 10.1 Å². The van der Waals surface area contributed by atoms with Gasteiger partial charge in [-0.3, -0.25) is 0 Å². The number of amidine groups is 2. The molecule has 2 rings (SSSR count). The molecule has 64 valence electrons. The highest BCUT2D eigenvalue weighted by Crippen LogP contribution is 2.11. The number of likely N-dealkylation sites (N-methyl/N-ethyl adjacent to an activating group) is 1. The molecule has 0 aromatic heterocycles. The fraction of sp³-hybridized carbons (Fsp3) is 0.429. The Kier molecular flexibility index (Phi) is 1.58. The lowest BCUT2D eigenvalue weighted by atomic mass is 10.4. The molecule has 0 bridgehead atoms. The summed E-state index contributed by atoms with van der Waals surface area (Å²) in [6, 6.07) is 0. The minimum absolute atomic E-state index is 0.681. The van der Waals surface area contributed by atoms with E-state index in [1.54, 1.807) is 5.12 Å². The Morgan fingerprint density at radius 1 is 1.50 bits per heavy atom. The third-order valence-corrected chi connectivity index (χ3v) is 1.81. The largest absolute Gasteiger partial charge is 0.372 e. The summed E-state index contributed by atoms with van der Waals surface area (Å²) in [5.74, 6) is 1.75. The molecule has 0 atom stereocenters. The number of hydrogen-bond donors (Lipinski definition) is 1. The molecule has 0 aromatic rings. The van der Waals surface area contributed by atoms with Crippen LogP contribution < -0.4 is 5.32 Å². The highest BCUT2D eigenvalue weighted by Gasteiger charge is 2.22. The van der Waals surface area contributed by atoms with E-state index in [1.165, 1.54) is 0 Å². The van der Waals surface area contributed by atoms with E-state index >= 15 is 0 Å². The average molecular weight is 165 g/mol. The van der Waals surface area contributed by atoms with Gasteiger partial charge in [0.2, 0.25) is 0 Å². The molecule has 5 nitrogen and oxygen atoms in total. The third kappa shape index (κ3) is 0.984. The molecule has 2 aliphatic heterocycles. The maximum absolute atomic E-state index is 4.29. The molecule has 0 saturated heterocycles. The van der Waals surface area contributed by atoms with Crippen molar-refractivity contribution in [3.8, 4) is 0 Å². The van der Waals surface area contributed by atoms with Gasteiger partial charge in [0.15, 0.2) is 5.84 Å². The zero-order chi connectivity index (χ0) is 8.55. The fourth-order valence-electron chi connectivity index (χ4n) is 1.14. The van der Waals surface area contributed by atoms with Crippen molar-refractivity contribution in [3.63, 3.8) is 0 Å². The minimum atomic E-state index is 0.681. The van der Waals surface area contributed by atoms with E-state index in [0.29, 0.717) is 6.67 Å². The molecule has 0 saturated carbocycles. The lowest BCUT2D eigenvalue weighted by molar-refractivity contribution is 0.108. The molecular weight excluding hydrogens is 154 g/mol. The van der Waals surface area contributed by atoms with E-state index < -0.39 is 0 Å². The first-order valence-corrected chi connectivity index (χ1v) is 3.81. The highest BCUT2D eigenvalue weighted by molar-refractivity contribution is 6.05. The SMILES string of the molecule is CNC1=NN2C(=NCN2C)C=C1. The summed E-state index contributed by atoms with van der Waals surface area (Å²) < 4.78 is 0. The van der Waals surface area contributed by atoms with Gasteiger partial charge in [-0.25, -0.2) is 4.99 Å². The Morgan fingerprint density at radius 3 is 3.08 bits per heavy atom. The van der Waals surface area contributed by atoms with E-state index in [9.17, 15) is 0 Å². The van der Waals surface area contributed by atoms with Gasteiger partial charge < -0.3 is 5.32 Å². The number of hydrazone groups is 1. The van der Waals surface area contributed by atoms with Crippen molar-refractivity contribution in [2.75, 3.05) is 20.8 Å². The van der Waals surface area contributed by atoms with Gasteiger partial charge in [0.05, 0.1) is 0 Å². The number of nitrogens with zero attached hydrogens (tertiary/aromatic N) is 4. The van der Waals surface area contributed by atoms with Crippen molar-refractivity contribution in [1.29, 1.82) is 0 Å². The van der Waals surface area contributed by atoms with Crippen molar-refractivity contribution in [2.45, 2.75) is 0 Å². The van der Waals surface area contributed by atoms with Crippen molar-refractivity contribution < 1.29 is 0 Å². The molecule has 2 aliphatic rings. The Hall–Kier alpha value is -1.36. The van der Waals surface area contributed by atoms with Crippen LogP contribution in [0.1, 0.15) is 0 Å². The Labute approximate surface area is 71.0 Å².